The number of piperidine rings is 1. The van der Waals surface area contributed by atoms with Crippen molar-refractivity contribution in [2.75, 3.05) is 20.7 Å². The number of benzene rings is 1. The Morgan fingerprint density at radius 1 is 1.30 bits per heavy atom. The number of likely N-dealkylation sites (tertiary alicyclic amines) is 1. The molecule has 4 bridgehead atoms. The van der Waals surface area contributed by atoms with E-state index >= 15 is 0 Å². The van der Waals surface area contributed by atoms with Gasteiger partial charge in [0.1, 0.15) is 11.7 Å². The molecule has 1 saturated carbocycles. The van der Waals surface area contributed by atoms with Crippen LogP contribution in [0.4, 0.5) is 0 Å². The normalized spacial score (nSPS) is 41.4. The van der Waals surface area contributed by atoms with Crippen molar-refractivity contribution in [2.24, 2.45) is 17.3 Å². The molecule has 1 saturated heterocycles. The molecule has 1 aromatic carbocycles. The summed E-state index contributed by atoms with van der Waals surface area (Å²) in [6.07, 6.45) is 8.94. The number of methoxy groups -OCH3 is 1. The smallest absolute Gasteiger partial charge is 0.165 e. The molecule has 7 atom stereocenters. The fourth-order valence-corrected chi connectivity index (χ4v) is 8.52. The summed E-state index contributed by atoms with van der Waals surface area (Å²) in [6.45, 7) is 7.43. The summed E-state index contributed by atoms with van der Waals surface area (Å²) in [6, 6.07) is 4.24. The fourth-order valence-electron chi connectivity index (χ4n) is 8.52. The quantitative estimate of drug-likeness (QED) is 0.624. The topological polar surface area (TPSA) is 62.2 Å². The molecule has 0 aromatic heterocycles. The molecule has 6 aliphatic rings. The predicted molar refractivity (Wildman–Crippen MR) is 130 cm³/mol. The standard InChI is InChI=1S/C27H37NO4.ClH/c1-16(2)8-9-24(3,30)19-15-25-10-11-27(19,31-5)23-26(25)12-13-28(4)20(25)14-17-6-7-18(29)22(32-23)21(17)26;/h6-7,10-11,16,19-20,23,29-30H,8-9,12-15H2,1-5H3;1H/t19?,20-,23-,24?,25?,26+,27+;/m1./s1. The molecular formula is C27H38ClNO4. The molecule has 33 heavy (non-hydrogen) atoms. The summed E-state index contributed by atoms with van der Waals surface area (Å²) in [5, 5.41) is 22.7. The molecule has 2 N–H and O–H groups in total. The third-order valence-electron chi connectivity index (χ3n) is 10.1. The Hall–Kier alpha value is -1.27. The van der Waals surface area contributed by atoms with Crippen LogP contribution in [-0.4, -0.2) is 59.2 Å². The second-order valence-electron chi connectivity index (χ2n) is 11.8. The van der Waals surface area contributed by atoms with E-state index in [4.69, 9.17) is 9.47 Å². The summed E-state index contributed by atoms with van der Waals surface area (Å²) in [5.41, 5.74) is 0.580. The number of rotatable bonds is 5. The van der Waals surface area contributed by atoms with Gasteiger partial charge in [-0.25, -0.2) is 0 Å². The number of nitrogens with zero attached hydrogens (tertiary/aromatic N) is 1. The Morgan fingerprint density at radius 3 is 2.76 bits per heavy atom. The van der Waals surface area contributed by atoms with Crippen molar-refractivity contribution in [1.29, 1.82) is 0 Å². The number of fused-ring (bicyclic) bond motifs is 1. The third kappa shape index (κ3) is 2.55. The van der Waals surface area contributed by atoms with Crippen LogP contribution >= 0.6 is 12.4 Å². The van der Waals surface area contributed by atoms with Crippen LogP contribution in [0.2, 0.25) is 0 Å². The van der Waals surface area contributed by atoms with E-state index in [0.29, 0.717) is 17.7 Å². The molecule has 5 nitrogen and oxygen atoms in total. The molecule has 2 aliphatic heterocycles. The third-order valence-corrected chi connectivity index (χ3v) is 10.1. The number of aromatic hydroxyl groups is 1. The summed E-state index contributed by atoms with van der Waals surface area (Å²) >= 11 is 0. The van der Waals surface area contributed by atoms with Crippen LogP contribution in [0.15, 0.2) is 24.3 Å². The Kier molecular flexibility index (Phi) is 5.07. The largest absolute Gasteiger partial charge is 0.504 e. The first-order valence-electron chi connectivity index (χ1n) is 12.3. The van der Waals surface area contributed by atoms with E-state index in [2.05, 4.69) is 44.0 Å². The van der Waals surface area contributed by atoms with E-state index in [9.17, 15) is 10.2 Å². The van der Waals surface area contributed by atoms with Gasteiger partial charge in [-0.05, 0) is 70.2 Å². The zero-order valence-electron chi connectivity index (χ0n) is 20.4. The molecule has 2 fully saturated rings. The number of phenols is 1. The first-order chi connectivity index (χ1) is 15.1. The lowest BCUT2D eigenvalue weighted by Crippen LogP contribution is -2.80. The maximum atomic E-state index is 11.9. The molecule has 1 aromatic rings. The van der Waals surface area contributed by atoms with Crippen molar-refractivity contribution >= 4 is 12.4 Å². The van der Waals surface area contributed by atoms with Gasteiger partial charge in [-0.3, -0.25) is 0 Å². The van der Waals surface area contributed by atoms with E-state index < -0.39 is 11.2 Å². The van der Waals surface area contributed by atoms with Crippen LogP contribution in [0.1, 0.15) is 57.6 Å². The average molecular weight is 476 g/mol. The molecule has 6 heteroatoms. The summed E-state index contributed by atoms with van der Waals surface area (Å²) < 4.78 is 13.2. The van der Waals surface area contributed by atoms with Crippen molar-refractivity contribution in [3.63, 3.8) is 0 Å². The highest BCUT2D eigenvalue weighted by atomic mass is 35.5. The molecular weight excluding hydrogens is 438 g/mol. The maximum absolute atomic E-state index is 11.9. The predicted octanol–water partition coefficient (Wildman–Crippen LogP) is 4.22. The van der Waals surface area contributed by atoms with E-state index in [-0.39, 0.29) is 41.0 Å². The number of likely N-dealkylation sites (N-methyl/N-ethyl adjacent to an activating group) is 1. The molecule has 7 rings (SSSR count). The lowest BCUT2D eigenvalue weighted by molar-refractivity contribution is -0.247. The monoisotopic (exact) mass is 475 g/mol. The summed E-state index contributed by atoms with van der Waals surface area (Å²) in [5.74, 6) is 1.35. The van der Waals surface area contributed by atoms with Gasteiger partial charge in [0.15, 0.2) is 11.5 Å². The van der Waals surface area contributed by atoms with Crippen LogP contribution in [0.5, 0.6) is 11.5 Å². The van der Waals surface area contributed by atoms with Gasteiger partial charge >= 0.3 is 0 Å². The minimum Gasteiger partial charge on any atom is -0.504 e. The molecule has 3 unspecified atom stereocenters. The number of phenolic OH excluding ortho intramolecular Hbond substituents is 1. The minimum atomic E-state index is -0.868. The Balaban J connectivity index is 0.00000228. The number of hydrogen-bond acceptors (Lipinski definition) is 5. The van der Waals surface area contributed by atoms with Crippen molar-refractivity contribution in [2.45, 2.75) is 81.6 Å². The van der Waals surface area contributed by atoms with Gasteiger partial charge in [0.2, 0.25) is 0 Å². The van der Waals surface area contributed by atoms with Gasteiger partial charge in [-0.15, -0.1) is 12.4 Å². The highest BCUT2D eigenvalue weighted by molar-refractivity contribution is 5.85. The molecule has 2 heterocycles. The average Bonchev–Trinajstić information content (AvgIpc) is 3.14. The highest BCUT2D eigenvalue weighted by Gasteiger charge is 2.80. The Morgan fingerprint density at radius 2 is 2.06 bits per heavy atom. The number of halogens is 1. The van der Waals surface area contributed by atoms with Crippen molar-refractivity contribution in [1.82, 2.24) is 4.90 Å². The van der Waals surface area contributed by atoms with Gasteiger partial charge in [-0.2, -0.15) is 0 Å². The molecule has 2 spiro atoms. The molecule has 0 amide bonds. The lowest BCUT2D eigenvalue weighted by atomic mass is 9.36. The molecule has 182 valence electrons. The van der Waals surface area contributed by atoms with Gasteiger partial charge in [-0.1, -0.05) is 32.1 Å². The van der Waals surface area contributed by atoms with Crippen molar-refractivity contribution in [3.05, 3.63) is 35.4 Å². The van der Waals surface area contributed by atoms with E-state index in [1.54, 1.807) is 13.2 Å². The molecule has 0 radical (unpaired) electrons. The minimum absolute atomic E-state index is 0. The summed E-state index contributed by atoms with van der Waals surface area (Å²) in [4.78, 5) is 2.52. The van der Waals surface area contributed by atoms with E-state index in [0.717, 1.165) is 38.6 Å². The summed E-state index contributed by atoms with van der Waals surface area (Å²) in [7, 11) is 4.02. The van der Waals surface area contributed by atoms with Gasteiger partial charge in [0, 0.05) is 30.0 Å². The lowest BCUT2D eigenvalue weighted by Gasteiger charge is -2.72. The zero-order valence-corrected chi connectivity index (χ0v) is 21.2. The SMILES string of the molecule is CO[C@@]12C=CC3(CC1C(C)(O)CCC(C)C)[C@H]1Cc4ccc(O)c5c4[C@@]3(CCN1C)[C@H]2O5.Cl. The Bertz CT molecular complexity index is 1010. The second-order valence-corrected chi connectivity index (χ2v) is 11.8. The van der Waals surface area contributed by atoms with Crippen LogP contribution in [0.3, 0.4) is 0 Å². The van der Waals surface area contributed by atoms with Crippen LogP contribution in [-0.2, 0) is 16.6 Å². The van der Waals surface area contributed by atoms with Gasteiger partial charge < -0.3 is 24.6 Å². The number of ether oxygens (including phenoxy) is 2. The van der Waals surface area contributed by atoms with Crippen LogP contribution in [0.25, 0.3) is 0 Å². The van der Waals surface area contributed by atoms with Gasteiger partial charge in [0.25, 0.3) is 0 Å². The zero-order chi connectivity index (χ0) is 22.7. The second kappa shape index (κ2) is 7.13. The van der Waals surface area contributed by atoms with Crippen molar-refractivity contribution < 1.29 is 19.7 Å². The van der Waals surface area contributed by atoms with E-state index in [1.165, 1.54) is 11.1 Å². The van der Waals surface area contributed by atoms with E-state index in [1.807, 2.05) is 6.92 Å². The number of hydrogen-bond donors (Lipinski definition) is 2. The van der Waals surface area contributed by atoms with Crippen LogP contribution < -0.4 is 4.74 Å². The van der Waals surface area contributed by atoms with Crippen molar-refractivity contribution in [3.8, 4) is 11.5 Å². The molecule has 4 aliphatic carbocycles. The first kappa shape index (κ1) is 23.5. The highest BCUT2D eigenvalue weighted by Crippen LogP contribution is 2.75. The number of aliphatic hydroxyl groups is 1. The Labute approximate surface area is 203 Å². The fraction of sp³-hybridized carbons (Fsp3) is 0.704. The maximum Gasteiger partial charge on any atom is 0.165 e. The first-order valence-corrected chi connectivity index (χ1v) is 12.3. The van der Waals surface area contributed by atoms with Gasteiger partial charge in [0.05, 0.1) is 11.0 Å². The van der Waals surface area contributed by atoms with Crippen LogP contribution in [0, 0.1) is 17.3 Å².